The molecule has 0 heterocycles. The van der Waals surface area contributed by atoms with Gasteiger partial charge in [0.05, 0.1) is 12.7 Å². The Kier molecular flexibility index (Phi) is 6.31. The molecule has 0 spiro atoms. The van der Waals surface area contributed by atoms with Crippen LogP contribution < -0.4 is 29.6 Å². The molecule has 0 aromatic heterocycles. The number of benzene rings is 1. The van der Waals surface area contributed by atoms with Crippen molar-refractivity contribution in [2.24, 2.45) is 0 Å². The molecule has 15 heavy (non-hydrogen) atoms. The molecular formula is C9H9NaO4S. The van der Waals surface area contributed by atoms with Crippen LogP contribution in [0.2, 0.25) is 0 Å². The Morgan fingerprint density at radius 1 is 1.47 bits per heavy atom. The van der Waals surface area contributed by atoms with E-state index in [0.29, 0.717) is 0 Å². The predicted octanol–water partition coefficient (Wildman–Crippen LogP) is -1.98. The fourth-order valence-electron chi connectivity index (χ4n) is 1.06. The summed E-state index contributed by atoms with van der Waals surface area (Å²) in [5, 5.41) is 0. The number of hydrogen-bond acceptors (Lipinski definition) is 4. The van der Waals surface area contributed by atoms with Gasteiger partial charge in [-0.05, 0) is 30.1 Å². The minimum Gasteiger partial charge on any atom is -0.768 e. The molecule has 0 aliphatic rings. The second-order valence-electron chi connectivity index (χ2n) is 2.73. The van der Waals surface area contributed by atoms with Crippen molar-refractivity contribution < 1.29 is 47.9 Å². The van der Waals surface area contributed by atoms with Crippen molar-refractivity contribution in [3.05, 3.63) is 29.3 Å². The second kappa shape index (κ2) is 6.40. The maximum atomic E-state index is 11.2. The molecule has 1 aromatic carbocycles. The van der Waals surface area contributed by atoms with Crippen molar-refractivity contribution in [3.8, 4) is 0 Å². The van der Waals surface area contributed by atoms with Gasteiger partial charge in [0.15, 0.2) is 0 Å². The third-order valence-electron chi connectivity index (χ3n) is 1.72. The van der Waals surface area contributed by atoms with E-state index in [1.54, 1.807) is 13.0 Å². The van der Waals surface area contributed by atoms with Crippen LogP contribution in [0.15, 0.2) is 23.1 Å². The van der Waals surface area contributed by atoms with Gasteiger partial charge in [-0.25, -0.2) is 4.79 Å². The molecule has 1 atom stereocenters. The van der Waals surface area contributed by atoms with Gasteiger partial charge in [0.25, 0.3) is 0 Å². The van der Waals surface area contributed by atoms with Crippen LogP contribution in [-0.4, -0.2) is 21.8 Å². The summed E-state index contributed by atoms with van der Waals surface area (Å²) in [7, 11) is 1.21. The molecule has 4 nitrogen and oxygen atoms in total. The Balaban J connectivity index is 0.00000196. The molecule has 0 bridgehead atoms. The molecule has 1 unspecified atom stereocenters. The van der Waals surface area contributed by atoms with Crippen molar-refractivity contribution in [2.45, 2.75) is 11.8 Å². The van der Waals surface area contributed by atoms with Crippen LogP contribution in [0, 0.1) is 6.92 Å². The fourth-order valence-corrected chi connectivity index (χ4v) is 1.56. The molecule has 76 valence electrons. The molecule has 1 aromatic rings. The summed E-state index contributed by atoms with van der Waals surface area (Å²) >= 11 is -2.42. The van der Waals surface area contributed by atoms with Crippen LogP contribution in [0.1, 0.15) is 15.9 Å². The van der Waals surface area contributed by atoms with E-state index in [9.17, 15) is 13.6 Å². The minimum atomic E-state index is -2.42. The van der Waals surface area contributed by atoms with Gasteiger partial charge in [-0.15, -0.1) is 0 Å². The number of carbonyl (C=O) groups is 1. The molecule has 0 aliphatic carbocycles. The van der Waals surface area contributed by atoms with Crippen molar-refractivity contribution >= 4 is 17.0 Å². The summed E-state index contributed by atoms with van der Waals surface area (Å²) in [6, 6.07) is 4.49. The summed E-state index contributed by atoms with van der Waals surface area (Å²) in [6.45, 7) is 1.77. The van der Waals surface area contributed by atoms with Crippen LogP contribution in [0.3, 0.4) is 0 Å². The first-order valence-corrected chi connectivity index (χ1v) is 4.92. The van der Waals surface area contributed by atoms with Gasteiger partial charge in [0.1, 0.15) is 0 Å². The van der Waals surface area contributed by atoms with Crippen LogP contribution in [0.4, 0.5) is 0 Å². The number of ether oxygens (including phenoxy) is 1. The molecule has 0 N–H and O–H groups in total. The van der Waals surface area contributed by atoms with E-state index in [1.807, 2.05) is 0 Å². The van der Waals surface area contributed by atoms with E-state index in [2.05, 4.69) is 4.74 Å². The number of rotatable bonds is 2. The van der Waals surface area contributed by atoms with Crippen LogP contribution >= 0.6 is 0 Å². The number of hydrogen-bond donors (Lipinski definition) is 0. The average molecular weight is 236 g/mol. The Morgan fingerprint density at radius 2 is 2.07 bits per heavy atom. The molecule has 6 heteroatoms. The first-order valence-electron chi connectivity index (χ1n) is 3.84. The summed E-state index contributed by atoms with van der Waals surface area (Å²) in [5.41, 5.74) is 0.875. The molecule has 0 saturated carbocycles. The van der Waals surface area contributed by atoms with E-state index in [4.69, 9.17) is 0 Å². The van der Waals surface area contributed by atoms with Gasteiger partial charge in [-0.3, -0.25) is 4.21 Å². The van der Waals surface area contributed by atoms with Gasteiger partial charge in [0.2, 0.25) is 0 Å². The van der Waals surface area contributed by atoms with Crippen molar-refractivity contribution in [1.29, 1.82) is 0 Å². The number of methoxy groups -OCH3 is 1. The zero-order valence-electron chi connectivity index (χ0n) is 8.77. The topological polar surface area (TPSA) is 66.4 Å². The molecule has 1 rings (SSSR count). The average Bonchev–Trinajstić information content (AvgIpc) is 2.16. The van der Waals surface area contributed by atoms with Gasteiger partial charge >= 0.3 is 35.5 Å². The zero-order chi connectivity index (χ0) is 10.7. The van der Waals surface area contributed by atoms with Crippen molar-refractivity contribution in [2.75, 3.05) is 7.11 Å². The molecule has 0 fully saturated rings. The van der Waals surface area contributed by atoms with Gasteiger partial charge in [0, 0.05) is 4.90 Å². The number of carbonyl (C=O) groups excluding carboxylic acids is 1. The monoisotopic (exact) mass is 236 g/mol. The first-order chi connectivity index (χ1) is 6.56. The third kappa shape index (κ3) is 3.70. The number of aryl methyl sites for hydroxylation is 1. The summed E-state index contributed by atoms with van der Waals surface area (Å²) in [6.07, 6.45) is 0. The first kappa shape index (κ1) is 14.8. The van der Waals surface area contributed by atoms with E-state index in [1.165, 1.54) is 19.2 Å². The van der Waals surface area contributed by atoms with E-state index < -0.39 is 17.0 Å². The third-order valence-corrected chi connectivity index (χ3v) is 2.44. The number of esters is 1. The SMILES string of the molecule is COC(=O)c1cc(C)ccc1S(=O)[O-].[Na+]. The normalized spacial score (nSPS) is 11.4. The van der Waals surface area contributed by atoms with E-state index >= 15 is 0 Å². The minimum absolute atomic E-state index is 0. The standard InChI is InChI=1S/C9H10O4S.Na/c1-6-3-4-8(14(11)12)7(5-6)9(10)13-2;/h3-5H,1-2H3,(H,11,12);/q;+1/p-1. The maximum absolute atomic E-state index is 11.2. The smallest absolute Gasteiger partial charge is 0.768 e. The Labute approximate surface area is 113 Å². The van der Waals surface area contributed by atoms with Crippen LogP contribution in [0.25, 0.3) is 0 Å². The molecular weight excluding hydrogens is 227 g/mol. The Hall–Kier alpha value is -0.200. The fraction of sp³-hybridized carbons (Fsp3) is 0.222. The molecule has 0 aliphatic heterocycles. The Morgan fingerprint density at radius 3 is 2.53 bits per heavy atom. The van der Waals surface area contributed by atoms with Crippen LogP contribution in [0.5, 0.6) is 0 Å². The molecule has 0 amide bonds. The van der Waals surface area contributed by atoms with E-state index in [-0.39, 0.29) is 40.0 Å². The second-order valence-corrected chi connectivity index (χ2v) is 3.64. The van der Waals surface area contributed by atoms with Crippen LogP contribution in [-0.2, 0) is 15.8 Å². The largest absolute Gasteiger partial charge is 1.00 e. The van der Waals surface area contributed by atoms with Crippen molar-refractivity contribution in [1.82, 2.24) is 0 Å². The maximum Gasteiger partial charge on any atom is 1.00 e. The Bertz CT molecular complexity index is 392. The summed E-state index contributed by atoms with van der Waals surface area (Å²) < 4.78 is 26.0. The zero-order valence-corrected chi connectivity index (χ0v) is 11.6. The van der Waals surface area contributed by atoms with Gasteiger partial charge in [-0.2, -0.15) is 0 Å². The molecule has 0 saturated heterocycles. The van der Waals surface area contributed by atoms with E-state index in [0.717, 1.165) is 5.56 Å². The van der Waals surface area contributed by atoms with Gasteiger partial charge < -0.3 is 9.29 Å². The summed E-state index contributed by atoms with van der Waals surface area (Å²) in [4.78, 5) is 11.2. The van der Waals surface area contributed by atoms with Gasteiger partial charge in [-0.1, -0.05) is 11.6 Å². The summed E-state index contributed by atoms with van der Waals surface area (Å²) in [5.74, 6) is -0.645. The van der Waals surface area contributed by atoms with Crippen molar-refractivity contribution in [3.63, 3.8) is 0 Å². The molecule has 0 radical (unpaired) electrons. The quantitative estimate of drug-likeness (QED) is 0.339. The predicted molar refractivity (Wildman–Crippen MR) is 49.7 cm³/mol.